The molecule has 0 fully saturated rings. The Hall–Kier alpha value is -1.00. The Labute approximate surface area is 74.4 Å². The van der Waals surface area contributed by atoms with E-state index in [2.05, 4.69) is 11.3 Å². The molecule has 0 rings (SSSR count). The molecule has 1 unspecified atom stereocenters. The van der Waals surface area contributed by atoms with Crippen molar-refractivity contribution >= 4 is 5.97 Å². The van der Waals surface area contributed by atoms with E-state index in [4.69, 9.17) is 0 Å². The van der Waals surface area contributed by atoms with Gasteiger partial charge in [-0.1, -0.05) is 13.5 Å². The van der Waals surface area contributed by atoms with E-state index in [1.54, 1.807) is 0 Å². The summed E-state index contributed by atoms with van der Waals surface area (Å²) in [6.07, 6.45) is -4.32. The fraction of sp³-hybridized carbons (Fsp3) is 0.625. The molecular weight excluding hydrogens is 185 g/mol. The SMILES string of the molecule is C=C(C)C(=O)OCC(C)C(F)(F)F. The standard InChI is InChI=1S/C8H11F3O2/c1-5(2)7(12)13-4-6(3)8(9,10)11/h6H,1,4H2,2-3H3. The lowest BCUT2D eigenvalue weighted by Gasteiger charge is -2.15. The topological polar surface area (TPSA) is 26.3 Å². The molecule has 0 aromatic carbocycles. The van der Waals surface area contributed by atoms with Gasteiger partial charge in [0.1, 0.15) is 6.61 Å². The van der Waals surface area contributed by atoms with Gasteiger partial charge in [-0.25, -0.2) is 4.79 Å². The van der Waals surface area contributed by atoms with Crippen LogP contribution in [0, 0.1) is 5.92 Å². The summed E-state index contributed by atoms with van der Waals surface area (Å²) in [7, 11) is 0. The molecule has 5 heteroatoms. The van der Waals surface area contributed by atoms with Crippen molar-refractivity contribution in [2.45, 2.75) is 20.0 Å². The Kier molecular flexibility index (Phi) is 3.97. The largest absolute Gasteiger partial charge is 0.462 e. The molecule has 0 radical (unpaired) electrons. The molecule has 13 heavy (non-hydrogen) atoms. The van der Waals surface area contributed by atoms with Gasteiger partial charge in [-0.3, -0.25) is 0 Å². The first-order chi connectivity index (χ1) is 5.75. The molecular formula is C8H11F3O2. The molecule has 0 amide bonds. The first-order valence-electron chi connectivity index (χ1n) is 3.64. The molecule has 0 saturated heterocycles. The van der Waals surface area contributed by atoms with Crippen LogP contribution in [-0.2, 0) is 9.53 Å². The van der Waals surface area contributed by atoms with Gasteiger partial charge in [-0.2, -0.15) is 13.2 Å². The fourth-order valence-corrected chi connectivity index (χ4v) is 0.418. The normalized spacial score (nSPS) is 13.6. The number of rotatable bonds is 3. The smallest absolute Gasteiger partial charge is 0.394 e. The van der Waals surface area contributed by atoms with Gasteiger partial charge >= 0.3 is 12.1 Å². The summed E-state index contributed by atoms with van der Waals surface area (Å²) >= 11 is 0. The van der Waals surface area contributed by atoms with Crippen LogP contribution >= 0.6 is 0 Å². The van der Waals surface area contributed by atoms with E-state index in [1.165, 1.54) is 6.92 Å². The number of carbonyl (C=O) groups excluding carboxylic acids is 1. The molecule has 76 valence electrons. The zero-order valence-corrected chi connectivity index (χ0v) is 7.44. The summed E-state index contributed by atoms with van der Waals surface area (Å²) in [5.74, 6) is -2.44. The molecule has 0 aliphatic rings. The maximum absolute atomic E-state index is 11.9. The van der Waals surface area contributed by atoms with Gasteiger partial charge < -0.3 is 4.74 Å². The Morgan fingerprint density at radius 2 is 2.00 bits per heavy atom. The minimum atomic E-state index is -4.32. The summed E-state index contributed by atoms with van der Waals surface area (Å²) < 4.78 is 40.0. The molecule has 2 nitrogen and oxygen atoms in total. The van der Waals surface area contributed by atoms with Crippen LogP contribution in [0.25, 0.3) is 0 Å². The number of hydrogen-bond donors (Lipinski definition) is 0. The van der Waals surface area contributed by atoms with Crippen LogP contribution in [0.5, 0.6) is 0 Å². The van der Waals surface area contributed by atoms with Crippen LogP contribution in [0.4, 0.5) is 13.2 Å². The van der Waals surface area contributed by atoms with Crippen LogP contribution in [0.3, 0.4) is 0 Å². The van der Waals surface area contributed by atoms with Gasteiger partial charge in [-0.05, 0) is 6.92 Å². The Balaban J connectivity index is 3.91. The zero-order valence-electron chi connectivity index (χ0n) is 7.44. The number of carbonyl (C=O) groups is 1. The summed E-state index contributed by atoms with van der Waals surface area (Å²) in [4.78, 5) is 10.7. The van der Waals surface area contributed by atoms with Gasteiger partial charge in [0.2, 0.25) is 0 Å². The molecule has 1 atom stereocenters. The van der Waals surface area contributed by atoms with Crippen molar-refractivity contribution in [1.29, 1.82) is 0 Å². The van der Waals surface area contributed by atoms with Gasteiger partial charge in [0.15, 0.2) is 0 Å². The molecule has 0 bridgehead atoms. The second kappa shape index (κ2) is 4.30. The van der Waals surface area contributed by atoms with Crippen molar-refractivity contribution in [3.8, 4) is 0 Å². The highest BCUT2D eigenvalue weighted by Gasteiger charge is 2.36. The first kappa shape index (κ1) is 12.0. The molecule has 0 spiro atoms. The highest BCUT2D eigenvalue weighted by molar-refractivity contribution is 5.86. The predicted octanol–water partition coefficient (Wildman–Crippen LogP) is 2.30. The molecule has 0 saturated carbocycles. The third-order valence-electron chi connectivity index (χ3n) is 1.37. The Morgan fingerprint density at radius 1 is 1.54 bits per heavy atom. The predicted molar refractivity (Wildman–Crippen MR) is 41.0 cm³/mol. The van der Waals surface area contributed by atoms with Crippen molar-refractivity contribution in [3.63, 3.8) is 0 Å². The lowest BCUT2D eigenvalue weighted by molar-refractivity contribution is -0.185. The van der Waals surface area contributed by atoms with Gasteiger partial charge in [0.05, 0.1) is 5.92 Å². The highest BCUT2D eigenvalue weighted by atomic mass is 19.4. The summed E-state index contributed by atoms with van der Waals surface area (Å²) in [5, 5.41) is 0. The summed E-state index contributed by atoms with van der Waals surface area (Å²) in [6.45, 7) is 4.91. The van der Waals surface area contributed by atoms with E-state index >= 15 is 0 Å². The quantitative estimate of drug-likeness (QED) is 0.511. The zero-order chi connectivity index (χ0) is 10.6. The first-order valence-corrected chi connectivity index (χ1v) is 3.64. The van der Waals surface area contributed by atoms with E-state index in [1.807, 2.05) is 0 Å². The van der Waals surface area contributed by atoms with Crippen molar-refractivity contribution < 1.29 is 22.7 Å². The van der Waals surface area contributed by atoms with E-state index < -0.39 is 24.7 Å². The third kappa shape index (κ3) is 4.55. The Morgan fingerprint density at radius 3 is 2.31 bits per heavy atom. The van der Waals surface area contributed by atoms with Crippen LogP contribution in [-0.4, -0.2) is 18.8 Å². The van der Waals surface area contributed by atoms with Crippen molar-refractivity contribution in [3.05, 3.63) is 12.2 Å². The number of esters is 1. The summed E-state index contributed by atoms with van der Waals surface area (Å²) in [5.41, 5.74) is 0.0920. The molecule has 0 heterocycles. The highest BCUT2D eigenvalue weighted by Crippen LogP contribution is 2.25. The molecule has 0 aliphatic heterocycles. The van der Waals surface area contributed by atoms with Crippen molar-refractivity contribution in [1.82, 2.24) is 0 Å². The lowest BCUT2D eigenvalue weighted by atomic mass is 10.2. The van der Waals surface area contributed by atoms with E-state index in [0.717, 1.165) is 6.92 Å². The maximum Gasteiger partial charge on any atom is 0.394 e. The average Bonchev–Trinajstić information content (AvgIpc) is 1.97. The van der Waals surface area contributed by atoms with Crippen LogP contribution in [0.15, 0.2) is 12.2 Å². The number of ether oxygens (including phenoxy) is 1. The third-order valence-corrected chi connectivity index (χ3v) is 1.37. The van der Waals surface area contributed by atoms with Crippen molar-refractivity contribution in [2.24, 2.45) is 5.92 Å². The number of hydrogen-bond acceptors (Lipinski definition) is 2. The fourth-order valence-electron chi connectivity index (χ4n) is 0.418. The molecule has 0 aromatic heterocycles. The van der Waals surface area contributed by atoms with Crippen LogP contribution in [0.1, 0.15) is 13.8 Å². The maximum atomic E-state index is 11.9. The second-order valence-corrected chi connectivity index (χ2v) is 2.82. The molecule has 0 aliphatic carbocycles. The van der Waals surface area contributed by atoms with Gasteiger partial charge in [0.25, 0.3) is 0 Å². The molecule has 0 N–H and O–H groups in total. The minimum absolute atomic E-state index is 0.0920. The number of halogens is 3. The van der Waals surface area contributed by atoms with E-state index in [-0.39, 0.29) is 5.57 Å². The molecule has 0 aromatic rings. The monoisotopic (exact) mass is 196 g/mol. The van der Waals surface area contributed by atoms with Gasteiger partial charge in [0, 0.05) is 5.57 Å². The van der Waals surface area contributed by atoms with Crippen molar-refractivity contribution in [2.75, 3.05) is 6.61 Å². The average molecular weight is 196 g/mol. The van der Waals surface area contributed by atoms with Gasteiger partial charge in [-0.15, -0.1) is 0 Å². The number of alkyl halides is 3. The summed E-state index contributed by atoms with van der Waals surface area (Å²) in [6, 6.07) is 0. The minimum Gasteiger partial charge on any atom is -0.462 e. The Bertz CT molecular complexity index is 208. The van der Waals surface area contributed by atoms with Crippen LogP contribution in [0.2, 0.25) is 0 Å². The lowest BCUT2D eigenvalue weighted by Crippen LogP contribution is -2.26. The van der Waals surface area contributed by atoms with E-state index in [0.29, 0.717) is 0 Å². The van der Waals surface area contributed by atoms with Crippen LogP contribution < -0.4 is 0 Å². The second-order valence-electron chi connectivity index (χ2n) is 2.82. The van der Waals surface area contributed by atoms with E-state index in [9.17, 15) is 18.0 Å².